The van der Waals surface area contributed by atoms with Crippen molar-refractivity contribution in [2.24, 2.45) is 5.92 Å². The van der Waals surface area contributed by atoms with Crippen LogP contribution in [0.1, 0.15) is 62.0 Å². The number of benzene rings is 1. The summed E-state index contributed by atoms with van der Waals surface area (Å²) >= 11 is 0. The summed E-state index contributed by atoms with van der Waals surface area (Å²) < 4.78 is 6.14. The van der Waals surface area contributed by atoms with Crippen LogP contribution in [0, 0.1) is 5.92 Å². The van der Waals surface area contributed by atoms with E-state index in [2.05, 4.69) is 24.3 Å². The van der Waals surface area contributed by atoms with Crippen molar-refractivity contribution in [2.45, 2.75) is 62.9 Å². The molecule has 2 aliphatic carbocycles. The molecule has 3 aliphatic rings. The van der Waals surface area contributed by atoms with Gasteiger partial charge in [-0.05, 0) is 43.2 Å². The molecule has 112 valence electrons. The second-order valence-corrected chi connectivity index (χ2v) is 7.14. The third-order valence-electron chi connectivity index (χ3n) is 5.86. The summed E-state index contributed by atoms with van der Waals surface area (Å²) in [5, 5.41) is 0. The van der Waals surface area contributed by atoms with E-state index in [1.807, 2.05) is 0 Å². The highest BCUT2D eigenvalue weighted by Crippen LogP contribution is 2.44. The Bertz CT molecular complexity index is 537. The normalized spacial score (nSPS) is 30.5. The Kier molecular flexibility index (Phi) is 3.37. The van der Waals surface area contributed by atoms with Crippen molar-refractivity contribution in [1.82, 2.24) is 0 Å². The van der Waals surface area contributed by atoms with E-state index in [4.69, 9.17) is 4.74 Å². The van der Waals surface area contributed by atoms with E-state index in [0.29, 0.717) is 5.78 Å². The van der Waals surface area contributed by atoms with Crippen molar-refractivity contribution >= 4 is 5.78 Å². The molecule has 1 aromatic carbocycles. The van der Waals surface area contributed by atoms with Crippen LogP contribution in [0.2, 0.25) is 0 Å². The van der Waals surface area contributed by atoms with E-state index in [-0.39, 0.29) is 17.4 Å². The first kappa shape index (κ1) is 13.5. The monoisotopic (exact) mass is 284 g/mol. The van der Waals surface area contributed by atoms with E-state index in [1.54, 1.807) is 0 Å². The van der Waals surface area contributed by atoms with Crippen molar-refractivity contribution in [1.29, 1.82) is 0 Å². The van der Waals surface area contributed by atoms with Crippen molar-refractivity contribution < 1.29 is 9.53 Å². The van der Waals surface area contributed by atoms with Gasteiger partial charge in [0.1, 0.15) is 5.78 Å². The van der Waals surface area contributed by atoms with Gasteiger partial charge in [-0.2, -0.15) is 0 Å². The molecule has 2 unspecified atom stereocenters. The molecule has 1 saturated heterocycles. The quantitative estimate of drug-likeness (QED) is 0.819. The van der Waals surface area contributed by atoms with Gasteiger partial charge < -0.3 is 4.74 Å². The third kappa shape index (κ3) is 2.34. The predicted molar refractivity (Wildman–Crippen MR) is 82.4 cm³/mol. The number of hydrogen-bond donors (Lipinski definition) is 0. The minimum absolute atomic E-state index is 0.0418. The summed E-state index contributed by atoms with van der Waals surface area (Å²) in [6.45, 7) is 0.783. The molecular weight excluding hydrogens is 260 g/mol. The van der Waals surface area contributed by atoms with E-state index in [9.17, 15) is 4.79 Å². The van der Waals surface area contributed by atoms with Gasteiger partial charge in [0, 0.05) is 18.4 Å². The molecule has 4 rings (SSSR count). The third-order valence-corrected chi connectivity index (χ3v) is 5.86. The lowest BCUT2D eigenvalue weighted by Crippen LogP contribution is -2.45. The second kappa shape index (κ2) is 5.24. The molecule has 2 fully saturated rings. The van der Waals surface area contributed by atoms with Crippen LogP contribution in [0.5, 0.6) is 0 Å². The lowest BCUT2D eigenvalue weighted by molar-refractivity contribution is -0.144. The number of carbonyl (C=O) groups is 1. The van der Waals surface area contributed by atoms with Crippen LogP contribution < -0.4 is 0 Å². The Morgan fingerprint density at radius 2 is 1.95 bits per heavy atom. The SMILES string of the molecule is O=C(C1CCOC2(CCCCC2)C1)C1Cc2ccccc21. The van der Waals surface area contributed by atoms with Crippen LogP contribution in [-0.4, -0.2) is 18.0 Å². The van der Waals surface area contributed by atoms with E-state index in [0.717, 1.165) is 38.7 Å². The Labute approximate surface area is 126 Å². The fourth-order valence-electron chi connectivity index (χ4n) is 4.61. The van der Waals surface area contributed by atoms with Crippen molar-refractivity contribution in [3.63, 3.8) is 0 Å². The minimum atomic E-state index is 0.0418. The van der Waals surface area contributed by atoms with Crippen LogP contribution in [0.15, 0.2) is 24.3 Å². The Hall–Kier alpha value is -1.15. The van der Waals surface area contributed by atoms with Crippen LogP contribution in [-0.2, 0) is 16.0 Å². The van der Waals surface area contributed by atoms with Crippen LogP contribution in [0.25, 0.3) is 0 Å². The fourth-order valence-corrected chi connectivity index (χ4v) is 4.61. The van der Waals surface area contributed by atoms with E-state index >= 15 is 0 Å². The maximum Gasteiger partial charge on any atom is 0.143 e. The number of hydrogen-bond acceptors (Lipinski definition) is 2. The minimum Gasteiger partial charge on any atom is -0.375 e. The number of fused-ring (bicyclic) bond motifs is 1. The van der Waals surface area contributed by atoms with Gasteiger partial charge in [0.05, 0.1) is 5.60 Å². The first-order valence-corrected chi connectivity index (χ1v) is 8.53. The lowest BCUT2D eigenvalue weighted by Gasteiger charge is -2.44. The van der Waals surface area contributed by atoms with Crippen molar-refractivity contribution in [3.8, 4) is 0 Å². The molecule has 0 N–H and O–H groups in total. The molecule has 1 spiro atoms. The molecule has 0 radical (unpaired) electrons. The summed E-state index contributed by atoms with van der Waals surface area (Å²) in [5.41, 5.74) is 2.70. The molecular formula is C19H24O2. The number of carbonyl (C=O) groups excluding carboxylic acids is 1. The molecule has 1 aromatic rings. The molecule has 0 bridgehead atoms. The molecule has 1 saturated carbocycles. The lowest BCUT2D eigenvalue weighted by atomic mass is 9.68. The van der Waals surface area contributed by atoms with Gasteiger partial charge in [-0.1, -0.05) is 43.5 Å². The van der Waals surface area contributed by atoms with Gasteiger partial charge in [-0.15, -0.1) is 0 Å². The van der Waals surface area contributed by atoms with Gasteiger partial charge in [0.15, 0.2) is 0 Å². The maximum absolute atomic E-state index is 12.9. The largest absolute Gasteiger partial charge is 0.375 e. The fraction of sp³-hybridized carbons (Fsp3) is 0.632. The standard InChI is InChI=1S/C19H24O2/c20-18(17-12-14-6-2-3-7-16(14)17)15-8-11-21-19(13-15)9-4-1-5-10-19/h2-3,6-7,15,17H,1,4-5,8-13H2. The van der Waals surface area contributed by atoms with Crippen LogP contribution >= 0.6 is 0 Å². The highest BCUT2D eigenvalue weighted by atomic mass is 16.5. The Morgan fingerprint density at radius 3 is 2.76 bits per heavy atom. The average molecular weight is 284 g/mol. The number of rotatable bonds is 2. The van der Waals surface area contributed by atoms with E-state index in [1.165, 1.54) is 30.4 Å². The average Bonchev–Trinajstić information content (AvgIpc) is 2.49. The van der Waals surface area contributed by atoms with Crippen molar-refractivity contribution in [3.05, 3.63) is 35.4 Å². The number of Topliss-reactive ketones (excluding diaryl/α,β-unsaturated/α-hetero) is 1. The topological polar surface area (TPSA) is 26.3 Å². The summed E-state index contributed by atoms with van der Waals surface area (Å²) in [6, 6.07) is 8.43. The Morgan fingerprint density at radius 1 is 1.14 bits per heavy atom. The van der Waals surface area contributed by atoms with Gasteiger partial charge in [-0.25, -0.2) is 0 Å². The zero-order valence-electron chi connectivity index (χ0n) is 12.6. The number of ether oxygens (including phenoxy) is 1. The highest BCUT2D eigenvalue weighted by molar-refractivity contribution is 5.90. The molecule has 21 heavy (non-hydrogen) atoms. The maximum atomic E-state index is 12.9. The molecule has 0 amide bonds. The molecule has 2 heteroatoms. The first-order chi connectivity index (χ1) is 10.3. The summed E-state index contributed by atoms with van der Waals surface area (Å²) in [7, 11) is 0. The Balaban J connectivity index is 1.48. The molecule has 1 aliphatic heterocycles. The van der Waals surface area contributed by atoms with Gasteiger partial charge in [-0.3, -0.25) is 4.79 Å². The summed E-state index contributed by atoms with van der Waals surface area (Å²) in [6.07, 6.45) is 9.07. The molecule has 0 aromatic heterocycles. The van der Waals surface area contributed by atoms with Crippen LogP contribution in [0.3, 0.4) is 0 Å². The second-order valence-electron chi connectivity index (χ2n) is 7.14. The van der Waals surface area contributed by atoms with E-state index < -0.39 is 0 Å². The first-order valence-electron chi connectivity index (χ1n) is 8.53. The van der Waals surface area contributed by atoms with Gasteiger partial charge >= 0.3 is 0 Å². The van der Waals surface area contributed by atoms with Crippen molar-refractivity contribution in [2.75, 3.05) is 6.61 Å². The molecule has 1 heterocycles. The smallest absolute Gasteiger partial charge is 0.143 e. The zero-order chi connectivity index (χ0) is 14.3. The predicted octanol–water partition coefficient (Wildman–Crippen LogP) is 4.02. The highest BCUT2D eigenvalue weighted by Gasteiger charge is 2.43. The summed E-state index contributed by atoms with van der Waals surface area (Å²) in [4.78, 5) is 12.9. The zero-order valence-corrected chi connectivity index (χ0v) is 12.6. The molecule has 2 atom stereocenters. The van der Waals surface area contributed by atoms with Crippen LogP contribution in [0.4, 0.5) is 0 Å². The van der Waals surface area contributed by atoms with Gasteiger partial charge in [0.25, 0.3) is 0 Å². The number of ketones is 1. The molecule has 2 nitrogen and oxygen atoms in total. The van der Waals surface area contributed by atoms with Gasteiger partial charge in [0.2, 0.25) is 0 Å². The summed E-state index contributed by atoms with van der Waals surface area (Å²) in [5.74, 6) is 0.891.